The van der Waals surface area contributed by atoms with E-state index in [1.54, 1.807) is 18.6 Å². The Balaban J connectivity index is 1.19. The maximum absolute atomic E-state index is 14.7. The molecule has 4 saturated carbocycles. The maximum atomic E-state index is 14.7. The van der Waals surface area contributed by atoms with E-state index in [-0.39, 0.29) is 17.5 Å². The summed E-state index contributed by atoms with van der Waals surface area (Å²) in [4.78, 5) is 4.26. The summed E-state index contributed by atoms with van der Waals surface area (Å²) in [6.07, 6.45) is 7.31. The summed E-state index contributed by atoms with van der Waals surface area (Å²) in [5.41, 5.74) is 3.12. The molecule has 1 aromatic carbocycles. The van der Waals surface area contributed by atoms with Gasteiger partial charge in [0.15, 0.2) is 0 Å². The minimum atomic E-state index is -0.396. The Morgan fingerprint density at radius 2 is 2.26 bits per heavy atom. The maximum Gasteiger partial charge on any atom is 0.129 e. The van der Waals surface area contributed by atoms with Crippen LogP contribution >= 0.6 is 0 Å². The van der Waals surface area contributed by atoms with Gasteiger partial charge < -0.3 is 14.4 Å². The van der Waals surface area contributed by atoms with Gasteiger partial charge in [0.1, 0.15) is 5.82 Å². The normalized spacial score (nSPS) is 45.2. The molecule has 0 amide bonds. The molecule has 1 aromatic heterocycles. The molecule has 4 nitrogen and oxygen atoms in total. The van der Waals surface area contributed by atoms with Crippen molar-refractivity contribution in [3.05, 3.63) is 42.1 Å². The second kappa shape index (κ2) is 4.47. The van der Waals surface area contributed by atoms with E-state index in [0.29, 0.717) is 29.6 Å². The van der Waals surface area contributed by atoms with Gasteiger partial charge in [-0.25, -0.2) is 9.37 Å². The molecule has 8 atom stereocenters. The van der Waals surface area contributed by atoms with Gasteiger partial charge in [-0.3, -0.25) is 0 Å². The molecule has 0 saturated heterocycles. The lowest BCUT2D eigenvalue weighted by atomic mass is 9.13. The summed E-state index contributed by atoms with van der Waals surface area (Å²) in [5.74, 6) is 2.22. The van der Waals surface area contributed by atoms with Crippen molar-refractivity contribution in [2.75, 3.05) is 7.11 Å². The Bertz CT molecular complexity index is 980. The molecule has 140 valence electrons. The van der Waals surface area contributed by atoms with E-state index in [9.17, 15) is 9.50 Å². The number of hydrogen-bond donors (Lipinski definition) is 1. The second-order valence-electron chi connectivity index (χ2n) is 9.47. The first-order valence-electron chi connectivity index (χ1n) is 10.2. The lowest BCUT2D eigenvalue weighted by Gasteiger charge is -2.92. The number of ether oxygens (including phenoxy) is 1. The number of hydrogen-bond acceptors (Lipinski definition) is 3. The summed E-state index contributed by atoms with van der Waals surface area (Å²) in [6.45, 7) is 0. The van der Waals surface area contributed by atoms with Crippen molar-refractivity contribution in [2.24, 2.45) is 29.1 Å². The highest BCUT2D eigenvalue weighted by atomic mass is 19.1. The number of methoxy groups -OCH3 is 1. The number of aliphatic hydroxyl groups excluding tert-OH is 1. The lowest BCUT2D eigenvalue weighted by molar-refractivity contribution is -0.486. The largest absolute Gasteiger partial charge is 0.393 e. The van der Waals surface area contributed by atoms with Crippen LogP contribution in [0.5, 0.6) is 0 Å². The first-order valence-corrected chi connectivity index (χ1v) is 10.2. The SMILES string of the molecule is COC12CC3CC4C(C(O)CC5c6c(F)cccc6-c6cncn65)C(C1)C342. The van der Waals surface area contributed by atoms with Crippen LogP contribution in [-0.2, 0) is 4.74 Å². The van der Waals surface area contributed by atoms with Crippen LogP contribution < -0.4 is 0 Å². The molecule has 27 heavy (non-hydrogen) atoms. The molecule has 0 bridgehead atoms. The molecule has 2 aromatic rings. The van der Waals surface area contributed by atoms with Crippen LogP contribution in [0.2, 0.25) is 0 Å². The molecule has 4 fully saturated rings. The first kappa shape index (κ1) is 15.2. The predicted octanol–water partition coefficient (Wildman–Crippen LogP) is 3.40. The van der Waals surface area contributed by atoms with Gasteiger partial charge in [-0.05, 0) is 55.4 Å². The summed E-state index contributed by atoms with van der Waals surface area (Å²) in [7, 11) is 1.86. The second-order valence-corrected chi connectivity index (χ2v) is 9.47. The number of nitrogens with zero attached hydrogens (tertiary/aromatic N) is 2. The van der Waals surface area contributed by atoms with E-state index in [4.69, 9.17) is 4.74 Å². The van der Waals surface area contributed by atoms with E-state index in [1.165, 1.54) is 18.9 Å². The van der Waals surface area contributed by atoms with E-state index >= 15 is 0 Å². The Hall–Kier alpha value is -1.72. The molecule has 1 aliphatic heterocycles. The number of imidazole rings is 1. The van der Waals surface area contributed by atoms with Gasteiger partial charge in [-0.1, -0.05) is 12.1 Å². The van der Waals surface area contributed by atoms with Gasteiger partial charge in [-0.15, -0.1) is 0 Å². The average molecular weight is 366 g/mol. The molecule has 0 radical (unpaired) electrons. The van der Waals surface area contributed by atoms with Crippen LogP contribution in [0.15, 0.2) is 30.7 Å². The Labute approximate surface area is 157 Å². The molecule has 1 spiro atoms. The smallest absolute Gasteiger partial charge is 0.129 e. The summed E-state index contributed by atoms with van der Waals surface area (Å²) >= 11 is 0. The number of fused-ring (bicyclic) bond motifs is 3. The summed E-state index contributed by atoms with van der Waals surface area (Å²) in [6, 6.07) is 5.08. The number of aromatic nitrogens is 2. The third-order valence-electron chi connectivity index (χ3n) is 9.25. The first-order chi connectivity index (χ1) is 13.1. The van der Waals surface area contributed by atoms with Crippen molar-refractivity contribution in [3.63, 3.8) is 0 Å². The molecule has 1 N–H and O–H groups in total. The fraction of sp³-hybridized carbons (Fsp3) is 0.591. The number of rotatable bonds is 4. The zero-order valence-corrected chi connectivity index (χ0v) is 15.3. The number of aliphatic hydroxyl groups is 1. The van der Waals surface area contributed by atoms with Crippen LogP contribution in [0.3, 0.4) is 0 Å². The van der Waals surface area contributed by atoms with Crippen molar-refractivity contribution in [1.82, 2.24) is 9.55 Å². The van der Waals surface area contributed by atoms with Gasteiger partial charge in [0.2, 0.25) is 0 Å². The average Bonchev–Trinajstić information content (AvgIpc) is 3.17. The van der Waals surface area contributed by atoms with E-state index in [0.717, 1.165) is 29.2 Å². The molecule has 5 heteroatoms. The predicted molar refractivity (Wildman–Crippen MR) is 96.4 cm³/mol. The monoisotopic (exact) mass is 366 g/mol. The van der Waals surface area contributed by atoms with Crippen molar-refractivity contribution >= 4 is 0 Å². The third kappa shape index (κ3) is 1.36. The molecule has 8 unspecified atom stereocenters. The zero-order valence-electron chi connectivity index (χ0n) is 15.3. The molecule has 2 heterocycles. The van der Waals surface area contributed by atoms with E-state index < -0.39 is 6.10 Å². The van der Waals surface area contributed by atoms with Crippen LogP contribution in [-0.4, -0.2) is 33.5 Å². The van der Waals surface area contributed by atoms with Crippen molar-refractivity contribution in [1.29, 1.82) is 0 Å². The fourth-order valence-corrected chi connectivity index (χ4v) is 8.40. The van der Waals surface area contributed by atoms with Gasteiger partial charge in [0.05, 0.1) is 36.0 Å². The van der Waals surface area contributed by atoms with Crippen molar-refractivity contribution in [3.8, 4) is 11.3 Å². The highest BCUT2D eigenvalue weighted by Crippen LogP contribution is 2.92. The minimum absolute atomic E-state index is 0.130. The zero-order chi connectivity index (χ0) is 18.1. The minimum Gasteiger partial charge on any atom is -0.393 e. The van der Waals surface area contributed by atoms with Crippen molar-refractivity contribution < 1.29 is 14.2 Å². The van der Waals surface area contributed by atoms with Gasteiger partial charge >= 0.3 is 0 Å². The van der Waals surface area contributed by atoms with Crippen LogP contribution in [0.4, 0.5) is 4.39 Å². The van der Waals surface area contributed by atoms with Gasteiger partial charge in [0, 0.05) is 23.7 Å². The molecule has 7 rings (SSSR count). The molecular weight excluding hydrogens is 343 g/mol. The quantitative estimate of drug-likeness (QED) is 0.902. The number of benzene rings is 1. The van der Waals surface area contributed by atoms with Crippen LogP contribution in [0.25, 0.3) is 11.3 Å². The van der Waals surface area contributed by atoms with Crippen LogP contribution in [0, 0.1) is 34.9 Å². The topological polar surface area (TPSA) is 47.3 Å². The Morgan fingerprint density at radius 1 is 1.37 bits per heavy atom. The standard InChI is InChI=1S/C22H23FN2O2/c1-27-21-7-11-5-13-20(14(8-21)22(11,13)21)18(26)6-16-19-12(3-2-4-15(19)23)17-9-24-10-25(16)17/h2-4,9-11,13-14,16,18,20,26H,5-8H2,1H3. The fourth-order valence-electron chi connectivity index (χ4n) is 8.40. The molecule has 5 aliphatic rings. The molecule has 4 aliphatic carbocycles. The highest BCUT2D eigenvalue weighted by Gasteiger charge is 2.91. The third-order valence-corrected chi connectivity index (χ3v) is 9.25. The molecular formula is C22H23FN2O2. The van der Waals surface area contributed by atoms with Gasteiger partial charge in [-0.2, -0.15) is 0 Å². The summed E-state index contributed by atoms with van der Waals surface area (Å²) in [5, 5.41) is 11.2. The highest BCUT2D eigenvalue weighted by molar-refractivity contribution is 5.69. The van der Waals surface area contributed by atoms with E-state index in [1.807, 2.05) is 17.7 Å². The Kier molecular flexibility index (Phi) is 2.52. The number of halogens is 1. The Morgan fingerprint density at radius 3 is 3.04 bits per heavy atom. The van der Waals surface area contributed by atoms with E-state index in [2.05, 4.69) is 4.98 Å². The van der Waals surface area contributed by atoms with Crippen LogP contribution in [0.1, 0.15) is 37.3 Å². The van der Waals surface area contributed by atoms with Crippen molar-refractivity contribution in [2.45, 2.75) is 43.4 Å². The summed E-state index contributed by atoms with van der Waals surface area (Å²) < 4.78 is 22.6. The van der Waals surface area contributed by atoms with Gasteiger partial charge in [0.25, 0.3) is 0 Å². The lowest BCUT2D eigenvalue weighted by Crippen LogP contribution is -2.93.